The summed E-state index contributed by atoms with van der Waals surface area (Å²) in [5, 5.41) is 14.8. The molecule has 2 aliphatic heterocycles. The minimum absolute atomic E-state index is 0.246. The summed E-state index contributed by atoms with van der Waals surface area (Å²) in [4.78, 5) is 10.6. The summed E-state index contributed by atoms with van der Waals surface area (Å²) in [6, 6.07) is 0. The Morgan fingerprint density at radius 2 is 2.36 bits per heavy atom. The van der Waals surface area contributed by atoms with Crippen molar-refractivity contribution in [2.45, 2.75) is 11.8 Å². The second kappa shape index (κ2) is 3.82. The zero-order valence-corrected chi connectivity index (χ0v) is 7.78. The molecule has 3 N–H and O–H groups in total. The predicted molar refractivity (Wildman–Crippen MR) is 46.9 cm³/mol. The number of carboxylic acids is 1. The molecule has 0 aromatic rings. The first-order valence-electron chi connectivity index (χ1n) is 4.62. The molecule has 0 aromatic heterocycles. The van der Waals surface area contributed by atoms with Crippen molar-refractivity contribution in [2.75, 3.05) is 32.9 Å². The van der Waals surface area contributed by atoms with E-state index >= 15 is 0 Å². The minimum Gasteiger partial charge on any atom is -0.478 e. The third-order valence-corrected chi connectivity index (χ3v) is 2.50. The molecule has 2 saturated heterocycles. The SMILES string of the molecule is O=C(O)C1NCC2(COCCN2)CO1. The molecule has 0 bridgehead atoms. The Hall–Kier alpha value is -0.690. The highest BCUT2D eigenvalue weighted by Crippen LogP contribution is 2.14. The van der Waals surface area contributed by atoms with Gasteiger partial charge in [-0.1, -0.05) is 0 Å². The fourth-order valence-electron chi connectivity index (χ4n) is 1.71. The summed E-state index contributed by atoms with van der Waals surface area (Å²) < 4.78 is 10.5. The number of carboxylic acid groups (broad SMARTS) is 1. The lowest BCUT2D eigenvalue weighted by Crippen LogP contribution is -2.68. The molecular formula is C8H14N2O4. The number of morpholine rings is 1. The van der Waals surface area contributed by atoms with Crippen LogP contribution in [0.15, 0.2) is 0 Å². The third kappa shape index (κ3) is 1.88. The maximum atomic E-state index is 10.6. The summed E-state index contributed by atoms with van der Waals surface area (Å²) in [5.41, 5.74) is -0.246. The van der Waals surface area contributed by atoms with E-state index < -0.39 is 12.2 Å². The Morgan fingerprint density at radius 1 is 1.50 bits per heavy atom. The van der Waals surface area contributed by atoms with Crippen molar-refractivity contribution in [1.82, 2.24) is 10.6 Å². The second-order valence-electron chi connectivity index (χ2n) is 3.67. The van der Waals surface area contributed by atoms with E-state index in [2.05, 4.69) is 10.6 Å². The fourth-order valence-corrected chi connectivity index (χ4v) is 1.71. The maximum absolute atomic E-state index is 10.6. The molecule has 6 nitrogen and oxygen atoms in total. The van der Waals surface area contributed by atoms with Crippen LogP contribution in [0.1, 0.15) is 0 Å². The molecule has 2 unspecified atom stereocenters. The molecule has 0 saturated carbocycles. The van der Waals surface area contributed by atoms with E-state index in [-0.39, 0.29) is 5.54 Å². The number of aliphatic carboxylic acids is 1. The van der Waals surface area contributed by atoms with Crippen LogP contribution in [0.4, 0.5) is 0 Å². The van der Waals surface area contributed by atoms with Gasteiger partial charge in [-0.05, 0) is 0 Å². The number of nitrogens with one attached hydrogen (secondary N) is 2. The van der Waals surface area contributed by atoms with Crippen LogP contribution < -0.4 is 10.6 Å². The van der Waals surface area contributed by atoms with Gasteiger partial charge < -0.3 is 19.9 Å². The van der Waals surface area contributed by atoms with Crippen molar-refractivity contribution in [3.63, 3.8) is 0 Å². The number of carbonyl (C=O) groups is 1. The van der Waals surface area contributed by atoms with Crippen molar-refractivity contribution in [1.29, 1.82) is 0 Å². The molecule has 2 rings (SSSR count). The van der Waals surface area contributed by atoms with E-state index in [9.17, 15) is 4.79 Å². The van der Waals surface area contributed by atoms with Gasteiger partial charge >= 0.3 is 5.97 Å². The van der Waals surface area contributed by atoms with Crippen molar-refractivity contribution in [3.05, 3.63) is 0 Å². The van der Waals surface area contributed by atoms with Gasteiger partial charge in [0.1, 0.15) is 0 Å². The molecule has 1 spiro atoms. The Labute approximate surface area is 81.6 Å². The van der Waals surface area contributed by atoms with Crippen LogP contribution in [0.5, 0.6) is 0 Å². The van der Waals surface area contributed by atoms with E-state index in [1.54, 1.807) is 0 Å². The van der Waals surface area contributed by atoms with Crippen molar-refractivity contribution < 1.29 is 19.4 Å². The van der Waals surface area contributed by atoms with E-state index in [1.165, 1.54) is 0 Å². The summed E-state index contributed by atoms with van der Waals surface area (Å²) in [5.74, 6) is -0.975. The van der Waals surface area contributed by atoms with Crippen LogP contribution in [0.3, 0.4) is 0 Å². The summed E-state index contributed by atoms with van der Waals surface area (Å²) >= 11 is 0. The molecule has 0 amide bonds. The first-order valence-corrected chi connectivity index (χ1v) is 4.62. The van der Waals surface area contributed by atoms with E-state index in [0.717, 1.165) is 6.54 Å². The quantitative estimate of drug-likeness (QED) is 0.474. The number of ether oxygens (including phenoxy) is 2. The summed E-state index contributed by atoms with van der Waals surface area (Å²) in [6.07, 6.45) is -0.885. The van der Waals surface area contributed by atoms with Gasteiger partial charge in [-0.3, -0.25) is 5.32 Å². The molecule has 0 radical (unpaired) electrons. The molecule has 2 atom stereocenters. The number of hydrogen-bond acceptors (Lipinski definition) is 5. The van der Waals surface area contributed by atoms with Crippen molar-refractivity contribution in [2.24, 2.45) is 0 Å². The van der Waals surface area contributed by atoms with Crippen LogP contribution in [0, 0.1) is 0 Å². The average Bonchev–Trinajstić information content (AvgIpc) is 2.19. The van der Waals surface area contributed by atoms with Crippen LogP contribution in [0.25, 0.3) is 0 Å². The topological polar surface area (TPSA) is 79.8 Å². The first-order chi connectivity index (χ1) is 6.72. The molecule has 80 valence electrons. The Morgan fingerprint density at radius 3 is 2.86 bits per heavy atom. The van der Waals surface area contributed by atoms with E-state index in [4.69, 9.17) is 14.6 Å². The van der Waals surface area contributed by atoms with Crippen molar-refractivity contribution >= 4 is 5.97 Å². The number of hydrogen-bond donors (Lipinski definition) is 3. The normalized spacial score (nSPS) is 38.4. The lowest BCUT2D eigenvalue weighted by Gasteiger charge is -2.42. The fraction of sp³-hybridized carbons (Fsp3) is 0.875. The lowest BCUT2D eigenvalue weighted by molar-refractivity contribution is -0.162. The molecule has 2 aliphatic rings. The monoisotopic (exact) mass is 202 g/mol. The van der Waals surface area contributed by atoms with Gasteiger partial charge in [-0.25, -0.2) is 4.79 Å². The summed E-state index contributed by atoms with van der Waals surface area (Å²) in [7, 11) is 0. The van der Waals surface area contributed by atoms with Crippen LogP contribution in [-0.4, -0.2) is 55.8 Å². The maximum Gasteiger partial charge on any atom is 0.348 e. The second-order valence-corrected chi connectivity index (χ2v) is 3.67. The largest absolute Gasteiger partial charge is 0.478 e. The van der Waals surface area contributed by atoms with Gasteiger partial charge in [0, 0.05) is 13.1 Å². The molecule has 14 heavy (non-hydrogen) atoms. The Balaban J connectivity index is 1.90. The predicted octanol–water partition coefficient (Wildman–Crippen LogP) is -1.62. The molecule has 0 aliphatic carbocycles. The van der Waals surface area contributed by atoms with Crippen molar-refractivity contribution in [3.8, 4) is 0 Å². The molecule has 6 heteroatoms. The third-order valence-electron chi connectivity index (χ3n) is 2.50. The highest BCUT2D eigenvalue weighted by atomic mass is 16.5. The summed E-state index contributed by atoms with van der Waals surface area (Å²) in [6.45, 7) is 2.97. The molecular weight excluding hydrogens is 188 g/mol. The van der Waals surface area contributed by atoms with Gasteiger partial charge in [0.2, 0.25) is 6.23 Å². The first kappa shape index (κ1) is 9.85. The molecule has 2 fully saturated rings. The van der Waals surface area contributed by atoms with Gasteiger partial charge in [0.15, 0.2) is 0 Å². The van der Waals surface area contributed by atoms with E-state index in [1.807, 2.05) is 0 Å². The van der Waals surface area contributed by atoms with Gasteiger partial charge in [-0.15, -0.1) is 0 Å². The highest BCUT2D eigenvalue weighted by molar-refractivity contribution is 5.71. The minimum atomic E-state index is -0.975. The molecule has 2 heterocycles. The van der Waals surface area contributed by atoms with Crippen LogP contribution in [-0.2, 0) is 14.3 Å². The van der Waals surface area contributed by atoms with Gasteiger partial charge in [0.25, 0.3) is 0 Å². The number of rotatable bonds is 1. The van der Waals surface area contributed by atoms with Gasteiger partial charge in [0.05, 0.1) is 25.4 Å². The lowest BCUT2D eigenvalue weighted by atomic mass is 9.99. The average molecular weight is 202 g/mol. The Kier molecular flexibility index (Phi) is 2.69. The zero-order chi connectivity index (χ0) is 10.0. The van der Waals surface area contributed by atoms with Crippen LogP contribution >= 0.6 is 0 Å². The highest BCUT2D eigenvalue weighted by Gasteiger charge is 2.39. The zero-order valence-electron chi connectivity index (χ0n) is 7.78. The van der Waals surface area contributed by atoms with Gasteiger partial charge in [-0.2, -0.15) is 0 Å². The smallest absolute Gasteiger partial charge is 0.348 e. The molecule has 0 aromatic carbocycles. The van der Waals surface area contributed by atoms with Crippen LogP contribution in [0.2, 0.25) is 0 Å². The van der Waals surface area contributed by atoms with E-state index in [0.29, 0.717) is 26.4 Å². The standard InChI is InChI=1S/C8H14N2O4/c11-7(12)6-9-3-8(5-14-6)4-13-2-1-10-8/h6,9-10H,1-5H2,(H,11,12). The Bertz CT molecular complexity index is 217.